The molecule has 0 saturated heterocycles. The smallest absolute Gasteiger partial charge is 0.247 e. The summed E-state index contributed by atoms with van der Waals surface area (Å²) in [5, 5.41) is 3.62. The number of carbonyl (C=O) groups is 2. The van der Waals surface area contributed by atoms with E-state index in [0.29, 0.717) is 24.6 Å². The number of carbonyl (C=O) groups excluding carboxylic acids is 2. The first-order valence-electron chi connectivity index (χ1n) is 12.5. The Morgan fingerprint density at radius 2 is 1.57 bits per heavy atom. The standard InChI is InChI=1S/C30H35ClN2O4/c1-22(2)37-19-7-18-32-30(35)29(25-8-5-4-6-9-25)33(21-24-12-16-27(36-3)17-13-24)28(34)20-23-10-14-26(31)15-11-23/h4-6,8-17,22,29H,7,18-21H2,1-3H3,(H,32,35). The van der Waals surface area contributed by atoms with Gasteiger partial charge < -0.3 is 19.7 Å². The number of nitrogens with one attached hydrogen (secondary N) is 1. The van der Waals surface area contributed by atoms with Gasteiger partial charge in [0.2, 0.25) is 11.8 Å². The monoisotopic (exact) mass is 522 g/mol. The van der Waals surface area contributed by atoms with Gasteiger partial charge in [0.1, 0.15) is 11.8 Å². The molecule has 3 aromatic rings. The van der Waals surface area contributed by atoms with Crippen molar-refractivity contribution in [2.24, 2.45) is 0 Å². The number of ether oxygens (including phenoxy) is 2. The summed E-state index contributed by atoms with van der Waals surface area (Å²) in [5.74, 6) is 0.336. The summed E-state index contributed by atoms with van der Waals surface area (Å²) in [4.78, 5) is 29.0. The van der Waals surface area contributed by atoms with E-state index in [1.807, 2.05) is 80.6 Å². The zero-order valence-electron chi connectivity index (χ0n) is 21.7. The molecule has 37 heavy (non-hydrogen) atoms. The van der Waals surface area contributed by atoms with Crippen LogP contribution >= 0.6 is 11.6 Å². The lowest BCUT2D eigenvalue weighted by Crippen LogP contribution is -2.44. The first-order chi connectivity index (χ1) is 17.9. The molecular weight excluding hydrogens is 488 g/mol. The molecule has 196 valence electrons. The molecule has 0 saturated carbocycles. The maximum atomic E-state index is 13.8. The topological polar surface area (TPSA) is 67.9 Å². The molecule has 0 aliphatic rings. The van der Waals surface area contributed by atoms with Crippen LogP contribution in [-0.4, -0.2) is 43.1 Å². The third-order valence-electron chi connectivity index (χ3n) is 5.85. The fraction of sp³-hybridized carbons (Fsp3) is 0.333. The van der Waals surface area contributed by atoms with Crippen molar-refractivity contribution in [3.63, 3.8) is 0 Å². The molecule has 0 spiro atoms. The highest BCUT2D eigenvalue weighted by molar-refractivity contribution is 6.30. The summed E-state index contributed by atoms with van der Waals surface area (Å²) in [7, 11) is 1.61. The minimum Gasteiger partial charge on any atom is -0.497 e. The molecule has 1 unspecified atom stereocenters. The highest BCUT2D eigenvalue weighted by Crippen LogP contribution is 2.26. The van der Waals surface area contributed by atoms with E-state index in [-0.39, 0.29) is 30.9 Å². The first-order valence-corrected chi connectivity index (χ1v) is 12.9. The molecule has 0 aliphatic carbocycles. The number of methoxy groups -OCH3 is 1. The van der Waals surface area contributed by atoms with Crippen molar-refractivity contribution in [3.8, 4) is 5.75 Å². The molecule has 0 aliphatic heterocycles. The fourth-order valence-electron chi connectivity index (χ4n) is 3.94. The molecule has 3 rings (SSSR count). The number of halogens is 1. The lowest BCUT2D eigenvalue weighted by molar-refractivity contribution is -0.141. The van der Waals surface area contributed by atoms with Crippen molar-refractivity contribution in [3.05, 3.63) is 101 Å². The van der Waals surface area contributed by atoms with E-state index in [9.17, 15) is 9.59 Å². The molecule has 0 fully saturated rings. The van der Waals surface area contributed by atoms with E-state index in [0.717, 1.165) is 22.4 Å². The second kappa shape index (κ2) is 14.4. The van der Waals surface area contributed by atoms with Crippen LogP contribution in [0.4, 0.5) is 0 Å². The predicted octanol–water partition coefficient (Wildman–Crippen LogP) is 5.59. The summed E-state index contributed by atoms with van der Waals surface area (Å²) in [6, 6.07) is 23.3. The minimum absolute atomic E-state index is 0.137. The Morgan fingerprint density at radius 1 is 0.919 bits per heavy atom. The molecule has 0 aromatic heterocycles. The minimum atomic E-state index is -0.797. The first kappa shape index (κ1) is 28.2. The summed E-state index contributed by atoms with van der Waals surface area (Å²) < 4.78 is 10.9. The van der Waals surface area contributed by atoms with E-state index in [1.165, 1.54) is 0 Å². The van der Waals surface area contributed by atoms with E-state index in [2.05, 4.69) is 5.32 Å². The zero-order valence-corrected chi connectivity index (χ0v) is 22.4. The Hall–Kier alpha value is -3.35. The van der Waals surface area contributed by atoms with Crippen LogP contribution in [0.2, 0.25) is 5.02 Å². The van der Waals surface area contributed by atoms with Gasteiger partial charge in [-0.05, 0) is 61.2 Å². The maximum absolute atomic E-state index is 13.8. The van der Waals surface area contributed by atoms with Gasteiger partial charge in [0.05, 0.1) is 19.6 Å². The van der Waals surface area contributed by atoms with Crippen LogP contribution < -0.4 is 10.1 Å². The van der Waals surface area contributed by atoms with E-state index in [1.54, 1.807) is 24.1 Å². The van der Waals surface area contributed by atoms with Crippen LogP contribution in [0.3, 0.4) is 0 Å². The van der Waals surface area contributed by atoms with Crippen molar-refractivity contribution < 1.29 is 19.1 Å². The van der Waals surface area contributed by atoms with Gasteiger partial charge in [-0.15, -0.1) is 0 Å². The Bertz CT molecular complexity index is 1120. The van der Waals surface area contributed by atoms with Crippen LogP contribution in [0.5, 0.6) is 5.75 Å². The van der Waals surface area contributed by atoms with E-state index >= 15 is 0 Å². The molecule has 0 bridgehead atoms. The molecule has 0 radical (unpaired) electrons. The molecule has 1 N–H and O–H groups in total. The highest BCUT2D eigenvalue weighted by atomic mass is 35.5. The van der Waals surface area contributed by atoms with Crippen LogP contribution in [0, 0.1) is 0 Å². The highest BCUT2D eigenvalue weighted by Gasteiger charge is 2.31. The summed E-state index contributed by atoms with van der Waals surface area (Å²) in [6.07, 6.45) is 0.965. The van der Waals surface area contributed by atoms with Gasteiger partial charge in [-0.2, -0.15) is 0 Å². The van der Waals surface area contributed by atoms with Crippen molar-refractivity contribution in [1.29, 1.82) is 0 Å². The Morgan fingerprint density at radius 3 is 2.19 bits per heavy atom. The summed E-state index contributed by atoms with van der Waals surface area (Å²) in [5.41, 5.74) is 2.47. The number of hydrogen-bond acceptors (Lipinski definition) is 4. The van der Waals surface area contributed by atoms with Gasteiger partial charge in [0.15, 0.2) is 0 Å². The average molecular weight is 523 g/mol. The number of hydrogen-bond donors (Lipinski definition) is 1. The zero-order chi connectivity index (χ0) is 26.6. The number of amides is 2. The quantitative estimate of drug-likeness (QED) is 0.297. The average Bonchev–Trinajstić information content (AvgIpc) is 2.90. The molecule has 0 heterocycles. The SMILES string of the molecule is COc1ccc(CN(C(=O)Cc2ccc(Cl)cc2)C(C(=O)NCCCOC(C)C)c2ccccc2)cc1. The van der Waals surface area contributed by atoms with Crippen molar-refractivity contribution in [2.75, 3.05) is 20.3 Å². The molecule has 2 amide bonds. The second-order valence-electron chi connectivity index (χ2n) is 9.05. The molecule has 3 aromatic carbocycles. The molecule has 1 atom stereocenters. The van der Waals surface area contributed by atoms with Gasteiger partial charge >= 0.3 is 0 Å². The Labute approximate surface area is 224 Å². The van der Waals surface area contributed by atoms with Crippen molar-refractivity contribution >= 4 is 23.4 Å². The van der Waals surface area contributed by atoms with Gasteiger partial charge in [-0.25, -0.2) is 0 Å². The number of rotatable bonds is 13. The summed E-state index contributed by atoms with van der Waals surface area (Å²) in [6.45, 7) is 5.23. The van der Waals surface area contributed by atoms with Crippen molar-refractivity contribution in [1.82, 2.24) is 10.2 Å². The predicted molar refractivity (Wildman–Crippen MR) is 147 cm³/mol. The van der Waals surface area contributed by atoms with Crippen LogP contribution in [0.1, 0.15) is 43.0 Å². The summed E-state index contributed by atoms with van der Waals surface area (Å²) >= 11 is 6.04. The van der Waals surface area contributed by atoms with Gasteiger partial charge in [0.25, 0.3) is 0 Å². The van der Waals surface area contributed by atoms with Gasteiger partial charge in [-0.1, -0.05) is 66.2 Å². The second-order valence-corrected chi connectivity index (χ2v) is 9.49. The maximum Gasteiger partial charge on any atom is 0.247 e. The van der Waals surface area contributed by atoms with Crippen LogP contribution in [0.15, 0.2) is 78.9 Å². The van der Waals surface area contributed by atoms with Crippen molar-refractivity contribution in [2.45, 2.75) is 45.4 Å². The van der Waals surface area contributed by atoms with E-state index < -0.39 is 6.04 Å². The molecule has 7 heteroatoms. The van der Waals surface area contributed by atoms with Crippen LogP contribution in [-0.2, 0) is 27.3 Å². The lowest BCUT2D eigenvalue weighted by Gasteiger charge is -2.32. The van der Waals surface area contributed by atoms with Crippen LogP contribution in [0.25, 0.3) is 0 Å². The van der Waals surface area contributed by atoms with E-state index in [4.69, 9.17) is 21.1 Å². The third kappa shape index (κ3) is 8.92. The third-order valence-corrected chi connectivity index (χ3v) is 6.10. The Balaban J connectivity index is 1.89. The van der Waals surface area contributed by atoms with Gasteiger partial charge in [-0.3, -0.25) is 9.59 Å². The molecular formula is C30H35ClN2O4. The molecule has 6 nitrogen and oxygen atoms in total. The Kier molecular flexibility index (Phi) is 11.0. The number of benzene rings is 3. The van der Waals surface area contributed by atoms with Gasteiger partial charge in [0, 0.05) is 24.7 Å². The normalized spacial score (nSPS) is 11.7. The fourth-order valence-corrected chi connectivity index (χ4v) is 4.06. The largest absolute Gasteiger partial charge is 0.497 e. The number of nitrogens with zero attached hydrogens (tertiary/aromatic N) is 1. The lowest BCUT2D eigenvalue weighted by atomic mass is 10.0.